The number of rotatable bonds is 2. The van der Waals surface area contributed by atoms with Crippen LogP contribution >= 0.6 is 0 Å². The van der Waals surface area contributed by atoms with Gasteiger partial charge in [-0.2, -0.15) is 0 Å². The lowest BCUT2D eigenvalue weighted by Gasteiger charge is -2.48. The van der Waals surface area contributed by atoms with E-state index in [-0.39, 0.29) is 17.6 Å². The second-order valence-electron chi connectivity index (χ2n) is 5.38. The molecule has 0 spiro atoms. The molecule has 0 aliphatic heterocycles. The summed E-state index contributed by atoms with van der Waals surface area (Å²) in [5, 5.41) is 9.67. The normalized spacial score (nSPS) is 27.3. The van der Waals surface area contributed by atoms with Crippen LogP contribution in [0.2, 0.25) is 0 Å². The van der Waals surface area contributed by atoms with Gasteiger partial charge in [0.15, 0.2) is 0 Å². The Labute approximate surface area is 97.3 Å². The second-order valence-corrected chi connectivity index (χ2v) is 5.38. The smallest absolute Gasteiger partial charge is 0.122 e. The molecular formula is C14H20O2. The molecule has 1 aliphatic rings. The van der Waals surface area contributed by atoms with Crippen molar-refractivity contribution in [2.75, 3.05) is 0 Å². The van der Waals surface area contributed by atoms with Crippen molar-refractivity contribution in [1.29, 1.82) is 0 Å². The summed E-state index contributed by atoms with van der Waals surface area (Å²) in [6.45, 7) is 8.27. The lowest BCUT2D eigenvalue weighted by Crippen LogP contribution is -2.56. The Morgan fingerprint density at radius 3 is 2.56 bits per heavy atom. The molecule has 88 valence electrons. The van der Waals surface area contributed by atoms with Gasteiger partial charge in [0.05, 0.1) is 6.10 Å². The van der Waals surface area contributed by atoms with Crippen LogP contribution in [0.4, 0.5) is 0 Å². The van der Waals surface area contributed by atoms with E-state index < -0.39 is 0 Å². The number of ether oxygens (including phenoxy) is 1. The summed E-state index contributed by atoms with van der Waals surface area (Å²) in [5.74, 6) is 0.949. The molecule has 1 aliphatic carbocycles. The molecule has 1 aromatic carbocycles. The van der Waals surface area contributed by atoms with Crippen molar-refractivity contribution < 1.29 is 9.84 Å². The van der Waals surface area contributed by atoms with Gasteiger partial charge in [-0.1, -0.05) is 26.0 Å². The Balaban J connectivity index is 2.14. The lowest BCUT2D eigenvalue weighted by molar-refractivity contribution is -0.134. The quantitative estimate of drug-likeness (QED) is 0.830. The van der Waals surface area contributed by atoms with Gasteiger partial charge < -0.3 is 9.84 Å². The summed E-state index contributed by atoms with van der Waals surface area (Å²) >= 11 is 0. The molecule has 2 atom stereocenters. The molecule has 0 bridgehead atoms. The van der Waals surface area contributed by atoms with Crippen LogP contribution < -0.4 is 4.74 Å². The van der Waals surface area contributed by atoms with Gasteiger partial charge in [-0.05, 0) is 31.0 Å². The number of benzene rings is 1. The second kappa shape index (κ2) is 3.77. The van der Waals surface area contributed by atoms with Crippen LogP contribution in [0.5, 0.6) is 5.75 Å². The van der Waals surface area contributed by atoms with Crippen LogP contribution in [0.3, 0.4) is 0 Å². The average Bonchev–Trinajstić information content (AvgIpc) is 2.24. The molecule has 0 radical (unpaired) electrons. The molecule has 0 saturated heterocycles. The number of aliphatic hydroxyl groups excluding tert-OH is 1. The SMILES string of the molecule is Cc1cccc(OC2CC(O)C2(C)C)c1C. The molecule has 2 nitrogen and oxygen atoms in total. The Morgan fingerprint density at radius 2 is 2.00 bits per heavy atom. The standard InChI is InChI=1S/C14H20O2/c1-9-6-5-7-11(10(9)2)16-13-8-12(15)14(13,3)4/h5-7,12-13,15H,8H2,1-4H3. The van der Waals surface area contributed by atoms with Gasteiger partial charge in [-0.15, -0.1) is 0 Å². The van der Waals surface area contributed by atoms with Gasteiger partial charge in [0, 0.05) is 11.8 Å². The molecule has 2 unspecified atom stereocenters. The summed E-state index contributed by atoms with van der Waals surface area (Å²) < 4.78 is 5.99. The fraction of sp³-hybridized carbons (Fsp3) is 0.571. The Bertz CT molecular complexity index is 396. The van der Waals surface area contributed by atoms with Crippen LogP contribution in [0.1, 0.15) is 31.4 Å². The van der Waals surface area contributed by atoms with Crippen LogP contribution in [-0.2, 0) is 0 Å². The summed E-state index contributed by atoms with van der Waals surface area (Å²) in [5.41, 5.74) is 2.31. The first-order valence-corrected chi connectivity index (χ1v) is 5.84. The van der Waals surface area contributed by atoms with Crippen molar-refractivity contribution in [3.05, 3.63) is 29.3 Å². The van der Waals surface area contributed by atoms with Crippen LogP contribution in [0.25, 0.3) is 0 Å². The highest BCUT2D eigenvalue weighted by atomic mass is 16.5. The van der Waals surface area contributed by atoms with Gasteiger partial charge in [0.1, 0.15) is 11.9 Å². The maximum Gasteiger partial charge on any atom is 0.122 e. The van der Waals surface area contributed by atoms with E-state index in [1.54, 1.807) is 0 Å². The van der Waals surface area contributed by atoms with Crippen molar-refractivity contribution in [3.63, 3.8) is 0 Å². The minimum Gasteiger partial charge on any atom is -0.489 e. The van der Waals surface area contributed by atoms with Crippen molar-refractivity contribution in [2.24, 2.45) is 5.41 Å². The first-order chi connectivity index (χ1) is 7.43. The van der Waals surface area contributed by atoms with Crippen molar-refractivity contribution in [1.82, 2.24) is 0 Å². The topological polar surface area (TPSA) is 29.5 Å². The van der Waals surface area contributed by atoms with Gasteiger partial charge in [-0.25, -0.2) is 0 Å². The molecule has 16 heavy (non-hydrogen) atoms. The first kappa shape index (κ1) is 11.5. The number of hydrogen-bond acceptors (Lipinski definition) is 2. The zero-order valence-electron chi connectivity index (χ0n) is 10.4. The molecule has 1 N–H and O–H groups in total. The lowest BCUT2D eigenvalue weighted by atomic mass is 9.66. The van der Waals surface area contributed by atoms with E-state index in [2.05, 4.69) is 33.8 Å². The van der Waals surface area contributed by atoms with Crippen molar-refractivity contribution >= 4 is 0 Å². The first-order valence-electron chi connectivity index (χ1n) is 5.84. The van der Waals surface area contributed by atoms with E-state index >= 15 is 0 Å². The maximum atomic E-state index is 9.67. The van der Waals surface area contributed by atoms with Crippen LogP contribution in [-0.4, -0.2) is 17.3 Å². The largest absolute Gasteiger partial charge is 0.489 e. The molecule has 0 aromatic heterocycles. The van der Waals surface area contributed by atoms with E-state index in [0.29, 0.717) is 0 Å². The van der Waals surface area contributed by atoms with Crippen molar-refractivity contribution in [2.45, 2.75) is 46.3 Å². The highest BCUT2D eigenvalue weighted by molar-refractivity contribution is 5.38. The third kappa shape index (κ3) is 1.71. The Hall–Kier alpha value is -1.02. The third-order valence-corrected chi connectivity index (χ3v) is 3.95. The highest BCUT2D eigenvalue weighted by Crippen LogP contribution is 2.43. The number of aryl methyl sites for hydroxylation is 1. The van der Waals surface area contributed by atoms with E-state index in [1.165, 1.54) is 11.1 Å². The number of hydrogen-bond donors (Lipinski definition) is 1. The van der Waals surface area contributed by atoms with E-state index in [9.17, 15) is 5.11 Å². The van der Waals surface area contributed by atoms with E-state index in [0.717, 1.165) is 12.2 Å². The molecule has 0 heterocycles. The molecular weight excluding hydrogens is 200 g/mol. The van der Waals surface area contributed by atoms with E-state index in [4.69, 9.17) is 4.74 Å². The highest BCUT2D eigenvalue weighted by Gasteiger charge is 2.49. The molecule has 1 fully saturated rings. The van der Waals surface area contributed by atoms with Crippen molar-refractivity contribution in [3.8, 4) is 5.75 Å². The molecule has 2 rings (SSSR count). The zero-order chi connectivity index (χ0) is 11.9. The minimum atomic E-state index is -0.234. The third-order valence-electron chi connectivity index (χ3n) is 3.95. The minimum absolute atomic E-state index is 0.128. The van der Waals surface area contributed by atoms with Crippen LogP contribution in [0.15, 0.2) is 18.2 Å². The molecule has 1 saturated carbocycles. The van der Waals surface area contributed by atoms with Crippen LogP contribution in [0, 0.1) is 19.3 Å². The Morgan fingerprint density at radius 1 is 1.31 bits per heavy atom. The van der Waals surface area contributed by atoms with Gasteiger partial charge >= 0.3 is 0 Å². The predicted molar refractivity (Wildman–Crippen MR) is 64.7 cm³/mol. The molecule has 0 amide bonds. The fourth-order valence-electron chi connectivity index (χ4n) is 2.07. The predicted octanol–water partition coefficient (Wildman–Crippen LogP) is 2.84. The van der Waals surface area contributed by atoms with Gasteiger partial charge in [0.25, 0.3) is 0 Å². The Kier molecular flexibility index (Phi) is 2.70. The van der Waals surface area contributed by atoms with E-state index in [1.807, 2.05) is 12.1 Å². The summed E-state index contributed by atoms with van der Waals surface area (Å²) in [4.78, 5) is 0. The average molecular weight is 220 g/mol. The zero-order valence-corrected chi connectivity index (χ0v) is 10.4. The fourth-order valence-corrected chi connectivity index (χ4v) is 2.07. The van der Waals surface area contributed by atoms with Gasteiger partial charge in [0.2, 0.25) is 0 Å². The monoisotopic (exact) mass is 220 g/mol. The molecule has 1 aromatic rings. The summed E-state index contributed by atoms with van der Waals surface area (Å²) in [6, 6.07) is 6.10. The summed E-state index contributed by atoms with van der Waals surface area (Å²) in [6.07, 6.45) is 0.631. The summed E-state index contributed by atoms with van der Waals surface area (Å²) in [7, 11) is 0. The maximum absolute atomic E-state index is 9.67. The molecule has 2 heteroatoms. The number of aliphatic hydroxyl groups is 1. The van der Waals surface area contributed by atoms with Gasteiger partial charge in [-0.3, -0.25) is 0 Å².